The van der Waals surface area contributed by atoms with E-state index in [0.717, 1.165) is 0 Å². The molecule has 0 heterocycles. The first-order valence-corrected chi connectivity index (χ1v) is 8.17. The van der Waals surface area contributed by atoms with Crippen molar-refractivity contribution in [2.24, 2.45) is 0 Å². The Morgan fingerprint density at radius 3 is 1.96 bits per heavy atom. The minimum Gasteiger partial charge on any atom is -0.350 e. The van der Waals surface area contributed by atoms with Gasteiger partial charge in [-0.1, -0.05) is 0 Å². The first-order chi connectivity index (χ1) is 11.5. The highest BCUT2D eigenvalue weighted by molar-refractivity contribution is 5.95. The molecule has 25 heavy (non-hydrogen) atoms. The van der Waals surface area contributed by atoms with Gasteiger partial charge in [0.2, 0.25) is 17.7 Å². The number of likely N-dealkylation sites (N-methyl/N-ethyl adjacent to an activating group) is 1. The molecule has 0 aromatic heterocycles. The van der Waals surface area contributed by atoms with Crippen molar-refractivity contribution in [2.45, 2.75) is 46.2 Å². The van der Waals surface area contributed by atoms with Crippen LogP contribution in [0, 0.1) is 0 Å². The molecule has 1 atom stereocenters. The summed E-state index contributed by atoms with van der Waals surface area (Å²) in [7, 11) is 1.73. The highest BCUT2D eigenvalue weighted by Gasteiger charge is 2.22. The van der Waals surface area contributed by atoms with Crippen LogP contribution in [0.3, 0.4) is 0 Å². The normalized spacial score (nSPS) is 12.4. The SMILES string of the molecule is CC(=O)Nc1ccc(NC(=O)[C@@H](C)N(C)CC(=O)NC(C)(C)C)cc1. The van der Waals surface area contributed by atoms with Crippen molar-refractivity contribution >= 4 is 29.1 Å². The van der Waals surface area contributed by atoms with Crippen LogP contribution < -0.4 is 16.0 Å². The van der Waals surface area contributed by atoms with E-state index in [4.69, 9.17) is 0 Å². The van der Waals surface area contributed by atoms with Crippen LogP contribution >= 0.6 is 0 Å². The van der Waals surface area contributed by atoms with Crippen LogP contribution in [0.2, 0.25) is 0 Å². The molecule has 0 bridgehead atoms. The molecule has 0 aliphatic rings. The number of hydrogen-bond donors (Lipinski definition) is 3. The first-order valence-electron chi connectivity index (χ1n) is 8.17. The molecule has 1 aromatic carbocycles. The highest BCUT2D eigenvalue weighted by atomic mass is 16.2. The molecule has 3 amide bonds. The van der Waals surface area contributed by atoms with Crippen LogP contribution in [0.1, 0.15) is 34.6 Å². The minimum absolute atomic E-state index is 0.130. The summed E-state index contributed by atoms with van der Waals surface area (Å²) in [5.41, 5.74) is 0.979. The van der Waals surface area contributed by atoms with Crippen LogP contribution in [-0.2, 0) is 14.4 Å². The van der Waals surface area contributed by atoms with E-state index in [1.54, 1.807) is 43.1 Å². The van der Waals surface area contributed by atoms with Gasteiger partial charge in [-0.3, -0.25) is 19.3 Å². The summed E-state index contributed by atoms with van der Waals surface area (Å²) in [4.78, 5) is 37.0. The van der Waals surface area contributed by atoms with Crippen molar-refractivity contribution in [2.75, 3.05) is 24.2 Å². The van der Waals surface area contributed by atoms with E-state index >= 15 is 0 Å². The van der Waals surface area contributed by atoms with Gasteiger partial charge in [0.15, 0.2) is 0 Å². The second-order valence-corrected chi connectivity index (χ2v) is 7.14. The van der Waals surface area contributed by atoms with Crippen LogP contribution in [0.15, 0.2) is 24.3 Å². The number of nitrogens with zero attached hydrogens (tertiary/aromatic N) is 1. The van der Waals surface area contributed by atoms with Gasteiger partial charge in [-0.05, 0) is 59.0 Å². The maximum absolute atomic E-state index is 12.3. The third kappa shape index (κ3) is 7.80. The predicted octanol–water partition coefficient (Wildman–Crippen LogP) is 1.82. The third-order valence-corrected chi connectivity index (χ3v) is 3.42. The fourth-order valence-electron chi connectivity index (χ4n) is 2.11. The quantitative estimate of drug-likeness (QED) is 0.731. The lowest BCUT2D eigenvalue weighted by molar-refractivity contribution is -0.125. The largest absolute Gasteiger partial charge is 0.350 e. The number of amides is 3. The number of nitrogens with one attached hydrogen (secondary N) is 3. The van der Waals surface area contributed by atoms with Gasteiger partial charge >= 0.3 is 0 Å². The lowest BCUT2D eigenvalue weighted by Gasteiger charge is -2.26. The number of anilines is 2. The third-order valence-electron chi connectivity index (χ3n) is 3.42. The van der Waals surface area contributed by atoms with Crippen LogP contribution in [0.25, 0.3) is 0 Å². The van der Waals surface area contributed by atoms with Gasteiger partial charge < -0.3 is 16.0 Å². The molecule has 7 nitrogen and oxygen atoms in total. The number of carbonyl (C=O) groups is 3. The van der Waals surface area contributed by atoms with E-state index in [-0.39, 0.29) is 29.8 Å². The zero-order valence-electron chi connectivity index (χ0n) is 15.8. The summed E-state index contributed by atoms with van der Waals surface area (Å²) in [5, 5.41) is 8.33. The Morgan fingerprint density at radius 1 is 1.04 bits per heavy atom. The molecular formula is C18H28N4O3. The predicted molar refractivity (Wildman–Crippen MR) is 99.4 cm³/mol. The van der Waals surface area contributed by atoms with Crippen molar-refractivity contribution in [1.29, 1.82) is 0 Å². The fourth-order valence-corrected chi connectivity index (χ4v) is 2.11. The lowest BCUT2D eigenvalue weighted by atomic mass is 10.1. The minimum atomic E-state index is -0.472. The zero-order chi connectivity index (χ0) is 19.2. The molecule has 0 unspecified atom stereocenters. The van der Waals surface area contributed by atoms with E-state index in [1.807, 2.05) is 20.8 Å². The zero-order valence-corrected chi connectivity index (χ0v) is 15.8. The lowest BCUT2D eigenvalue weighted by Crippen LogP contribution is -2.49. The maximum atomic E-state index is 12.3. The standard InChI is InChI=1S/C18H28N4O3/c1-12(22(6)11-16(24)21-18(3,4)5)17(25)20-15-9-7-14(8-10-15)19-13(2)23/h7-10,12H,11H2,1-6H3,(H,19,23)(H,20,25)(H,21,24)/t12-/m1/s1. The van der Waals surface area contributed by atoms with Crippen molar-refractivity contribution in [3.63, 3.8) is 0 Å². The molecule has 0 spiro atoms. The van der Waals surface area contributed by atoms with E-state index in [1.165, 1.54) is 6.92 Å². The van der Waals surface area contributed by atoms with Gasteiger partial charge in [0, 0.05) is 23.8 Å². The first kappa shape index (κ1) is 20.6. The topological polar surface area (TPSA) is 90.5 Å². The molecule has 7 heteroatoms. The Morgan fingerprint density at radius 2 is 1.52 bits per heavy atom. The van der Waals surface area contributed by atoms with Crippen molar-refractivity contribution in [1.82, 2.24) is 10.2 Å². The summed E-state index contributed by atoms with van der Waals surface area (Å²) in [6.45, 7) is 9.03. The summed E-state index contributed by atoms with van der Waals surface area (Å²) < 4.78 is 0. The number of hydrogen-bond acceptors (Lipinski definition) is 4. The number of rotatable bonds is 6. The second-order valence-electron chi connectivity index (χ2n) is 7.14. The summed E-state index contributed by atoms with van der Waals surface area (Å²) >= 11 is 0. The molecule has 0 saturated carbocycles. The van der Waals surface area contributed by atoms with E-state index in [0.29, 0.717) is 11.4 Å². The molecule has 3 N–H and O–H groups in total. The molecular weight excluding hydrogens is 320 g/mol. The average molecular weight is 348 g/mol. The maximum Gasteiger partial charge on any atom is 0.241 e. The van der Waals surface area contributed by atoms with Crippen LogP contribution in [0.4, 0.5) is 11.4 Å². The summed E-state index contributed by atoms with van der Waals surface area (Å²) in [5.74, 6) is -0.492. The van der Waals surface area contributed by atoms with Crippen molar-refractivity contribution in [3.8, 4) is 0 Å². The van der Waals surface area contributed by atoms with Gasteiger partial charge in [0.05, 0.1) is 12.6 Å². The van der Waals surface area contributed by atoms with E-state index < -0.39 is 6.04 Å². The van der Waals surface area contributed by atoms with Gasteiger partial charge in [-0.2, -0.15) is 0 Å². The van der Waals surface area contributed by atoms with Crippen LogP contribution in [0.5, 0.6) is 0 Å². The summed E-state index contributed by atoms with van der Waals surface area (Å²) in [6, 6.07) is 6.37. The molecule has 0 fully saturated rings. The number of carbonyl (C=O) groups excluding carboxylic acids is 3. The molecule has 0 aliphatic carbocycles. The van der Waals surface area contributed by atoms with Gasteiger partial charge in [0.25, 0.3) is 0 Å². The van der Waals surface area contributed by atoms with Crippen molar-refractivity contribution in [3.05, 3.63) is 24.3 Å². The Bertz CT molecular complexity index is 620. The Balaban J connectivity index is 2.58. The monoisotopic (exact) mass is 348 g/mol. The Labute approximate surface area is 149 Å². The molecule has 0 saturated heterocycles. The van der Waals surface area contributed by atoms with E-state index in [9.17, 15) is 14.4 Å². The van der Waals surface area contributed by atoms with Crippen LogP contribution in [-0.4, -0.2) is 47.8 Å². The molecule has 138 valence electrons. The van der Waals surface area contributed by atoms with Gasteiger partial charge in [-0.25, -0.2) is 0 Å². The van der Waals surface area contributed by atoms with E-state index in [2.05, 4.69) is 16.0 Å². The molecule has 0 radical (unpaired) electrons. The van der Waals surface area contributed by atoms with Gasteiger partial charge in [-0.15, -0.1) is 0 Å². The van der Waals surface area contributed by atoms with Crippen molar-refractivity contribution < 1.29 is 14.4 Å². The Kier molecular flexibility index (Phi) is 7.11. The summed E-state index contributed by atoms with van der Waals surface area (Å²) in [6.07, 6.45) is 0. The smallest absolute Gasteiger partial charge is 0.241 e. The van der Waals surface area contributed by atoms with Gasteiger partial charge in [0.1, 0.15) is 0 Å². The number of benzene rings is 1. The Hall–Kier alpha value is -2.41. The fraction of sp³-hybridized carbons (Fsp3) is 0.500. The molecule has 0 aliphatic heterocycles. The second kappa shape index (κ2) is 8.62. The highest BCUT2D eigenvalue weighted by Crippen LogP contribution is 2.14. The molecule has 1 aromatic rings. The average Bonchev–Trinajstić information content (AvgIpc) is 2.45. The molecule has 1 rings (SSSR count).